The van der Waals surface area contributed by atoms with Crippen LogP contribution in [0.2, 0.25) is 0 Å². The van der Waals surface area contributed by atoms with Crippen molar-refractivity contribution in [3.63, 3.8) is 0 Å². The molecule has 130 valence electrons. The van der Waals surface area contributed by atoms with Crippen molar-refractivity contribution < 1.29 is 4.74 Å². The van der Waals surface area contributed by atoms with E-state index in [0.717, 1.165) is 42.6 Å². The number of benzene rings is 1. The number of hydrogen-bond acceptors (Lipinski definition) is 5. The highest BCUT2D eigenvalue weighted by molar-refractivity contribution is 9.10. The molecule has 0 saturated carbocycles. The quantitative estimate of drug-likeness (QED) is 0.684. The molecule has 1 aromatic carbocycles. The zero-order chi connectivity index (χ0) is 17.0. The summed E-state index contributed by atoms with van der Waals surface area (Å²) < 4.78 is 7.71. The number of rotatable bonds is 1. The minimum absolute atomic E-state index is 0.266. The molecule has 0 N–H and O–H groups in total. The second-order valence-electron chi connectivity index (χ2n) is 7.12. The fraction of sp³-hybridized carbons (Fsp3) is 0.421. The van der Waals surface area contributed by atoms with Gasteiger partial charge in [-0.25, -0.2) is 5.01 Å². The number of thiophene rings is 1. The van der Waals surface area contributed by atoms with Crippen LogP contribution >= 0.6 is 27.3 Å². The van der Waals surface area contributed by atoms with Crippen LogP contribution in [0.3, 0.4) is 0 Å². The Morgan fingerprint density at radius 2 is 2.12 bits per heavy atom. The van der Waals surface area contributed by atoms with E-state index in [2.05, 4.69) is 68.6 Å². The van der Waals surface area contributed by atoms with Crippen molar-refractivity contribution in [1.29, 1.82) is 0 Å². The summed E-state index contributed by atoms with van der Waals surface area (Å²) in [6.07, 6.45) is 2.92. The SMILES string of the molecule is CN1CCC2(CC1)Oc1ccc(Br)cc1[C@@H]1CC(c3cccs3)=NN12. The summed E-state index contributed by atoms with van der Waals surface area (Å²) in [7, 11) is 2.18. The van der Waals surface area contributed by atoms with Crippen molar-refractivity contribution >= 4 is 33.0 Å². The molecule has 6 heteroatoms. The van der Waals surface area contributed by atoms with E-state index in [9.17, 15) is 0 Å². The van der Waals surface area contributed by atoms with Crippen LogP contribution in [-0.2, 0) is 0 Å². The van der Waals surface area contributed by atoms with Crippen LogP contribution in [0, 0.1) is 0 Å². The summed E-state index contributed by atoms with van der Waals surface area (Å²) in [5.41, 5.74) is 2.13. The van der Waals surface area contributed by atoms with Crippen molar-refractivity contribution in [3.8, 4) is 5.75 Å². The van der Waals surface area contributed by atoms with Gasteiger partial charge >= 0.3 is 0 Å². The highest BCUT2D eigenvalue weighted by Gasteiger charge is 2.51. The molecule has 0 aliphatic carbocycles. The molecule has 3 aliphatic heterocycles. The van der Waals surface area contributed by atoms with Crippen LogP contribution in [0.4, 0.5) is 0 Å². The maximum absolute atomic E-state index is 6.62. The lowest BCUT2D eigenvalue weighted by Crippen LogP contribution is -2.58. The van der Waals surface area contributed by atoms with E-state index < -0.39 is 0 Å². The van der Waals surface area contributed by atoms with E-state index in [1.165, 1.54) is 16.2 Å². The molecule has 1 saturated heterocycles. The average Bonchev–Trinajstić information content (AvgIpc) is 3.28. The van der Waals surface area contributed by atoms with Crippen molar-refractivity contribution in [2.24, 2.45) is 5.10 Å². The molecule has 25 heavy (non-hydrogen) atoms. The Morgan fingerprint density at radius 1 is 1.28 bits per heavy atom. The lowest BCUT2D eigenvalue weighted by molar-refractivity contribution is -0.147. The number of hydrogen-bond donors (Lipinski definition) is 0. The molecule has 2 aromatic rings. The van der Waals surface area contributed by atoms with Gasteiger partial charge in [-0.2, -0.15) is 5.10 Å². The monoisotopic (exact) mass is 417 g/mol. The molecule has 4 nitrogen and oxygen atoms in total. The molecule has 1 fully saturated rings. The van der Waals surface area contributed by atoms with Crippen LogP contribution in [-0.4, -0.2) is 41.5 Å². The summed E-state index contributed by atoms with van der Waals surface area (Å²) in [6, 6.07) is 10.9. The Balaban J connectivity index is 1.60. The molecule has 1 atom stereocenters. The highest BCUT2D eigenvalue weighted by Crippen LogP contribution is 2.50. The summed E-state index contributed by atoms with van der Waals surface area (Å²) in [5, 5.41) is 9.49. The fourth-order valence-corrected chi connectivity index (χ4v) is 5.24. The van der Waals surface area contributed by atoms with Crippen molar-refractivity contribution in [1.82, 2.24) is 9.91 Å². The molecular weight excluding hydrogens is 398 g/mol. The van der Waals surface area contributed by atoms with Gasteiger partial charge in [0.25, 0.3) is 0 Å². The zero-order valence-electron chi connectivity index (χ0n) is 14.1. The van der Waals surface area contributed by atoms with Gasteiger partial charge in [0.05, 0.1) is 16.6 Å². The number of nitrogens with zero attached hydrogens (tertiary/aromatic N) is 3. The van der Waals surface area contributed by atoms with Crippen LogP contribution in [0.15, 0.2) is 45.3 Å². The number of fused-ring (bicyclic) bond motifs is 4. The summed E-state index contributed by atoms with van der Waals surface area (Å²) in [5.74, 6) is 1.02. The summed E-state index contributed by atoms with van der Waals surface area (Å²) in [6.45, 7) is 2.08. The molecule has 3 aliphatic rings. The topological polar surface area (TPSA) is 28.1 Å². The summed E-state index contributed by atoms with van der Waals surface area (Å²) in [4.78, 5) is 3.65. The van der Waals surface area contributed by atoms with Crippen LogP contribution in [0.1, 0.15) is 35.7 Å². The Morgan fingerprint density at radius 3 is 2.88 bits per heavy atom. The molecule has 1 spiro atoms. The first kappa shape index (κ1) is 15.9. The molecule has 0 unspecified atom stereocenters. The van der Waals surface area contributed by atoms with E-state index in [1.54, 1.807) is 11.3 Å². The minimum atomic E-state index is -0.309. The zero-order valence-corrected chi connectivity index (χ0v) is 16.5. The third-order valence-corrected chi connectivity index (χ3v) is 6.94. The second kappa shape index (κ2) is 5.83. The van der Waals surface area contributed by atoms with Crippen LogP contribution < -0.4 is 4.74 Å². The predicted octanol–water partition coefficient (Wildman–Crippen LogP) is 4.48. The molecule has 5 rings (SSSR count). The second-order valence-corrected chi connectivity index (χ2v) is 8.99. The van der Waals surface area contributed by atoms with Crippen molar-refractivity contribution in [2.75, 3.05) is 20.1 Å². The van der Waals surface area contributed by atoms with Gasteiger partial charge in [0.1, 0.15) is 5.75 Å². The number of ether oxygens (including phenoxy) is 1. The van der Waals surface area contributed by atoms with Gasteiger partial charge in [0.2, 0.25) is 5.72 Å². The van der Waals surface area contributed by atoms with Gasteiger partial charge in [0.15, 0.2) is 0 Å². The Hall–Kier alpha value is -1.37. The molecule has 1 aromatic heterocycles. The average molecular weight is 418 g/mol. The number of halogens is 1. The van der Waals surface area contributed by atoms with E-state index in [-0.39, 0.29) is 11.8 Å². The van der Waals surface area contributed by atoms with E-state index in [0.29, 0.717) is 0 Å². The molecule has 4 heterocycles. The summed E-state index contributed by atoms with van der Waals surface area (Å²) >= 11 is 5.39. The van der Waals surface area contributed by atoms with Gasteiger partial charge in [-0.1, -0.05) is 22.0 Å². The molecule has 0 radical (unpaired) electrons. The number of piperidine rings is 1. The fourth-order valence-electron chi connectivity index (χ4n) is 4.14. The predicted molar refractivity (Wildman–Crippen MR) is 104 cm³/mol. The van der Waals surface area contributed by atoms with E-state index in [4.69, 9.17) is 9.84 Å². The molecule has 0 bridgehead atoms. The van der Waals surface area contributed by atoms with Crippen molar-refractivity contribution in [2.45, 2.75) is 31.0 Å². The van der Waals surface area contributed by atoms with Crippen LogP contribution in [0.25, 0.3) is 0 Å². The Bertz CT molecular complexity index is 827. The van der Waals surface area contributed by atoms with Gasteiger partial charge in [-0.15, -0.1) is 11.3 Å². The first-order valence-electron chi connectivity index (χ1n) is 8.72. The molecule has 0 amide bonds. The maximum atomic E-state index is 6.62. The third-order valence-electron chi connectivity index (χ3n) is 5.53. The van der Waals surface area contributed by atoms with Gasteiger partial charge in [-0.05, 0) is 36.7 Å². The van der Waals surface area contributed by atoms with Gasteiger partial charge in [0, 0.05) is 42.4 Å². The molecular formula is C19H20BrN3OS. The Kier molecular flexibility index (Phi) is 3.69. The Labute approximate surface area is 160 Å². The first-order chi connectivity index (χ1) is 12.1. The van der Waals surface area contributed by atoms with E-state index in [1.807, 2.05) is 0 Å². The van der Waals surface area contributed by atoms with E-state index >= 15 is 0 Å². The lowest BCUT2D eigenvalue weighted by atomic mass is 9.91. The standard InChI is InChI=1S/C19H20BrN3OS/c1-22-8-6-19(7-9-22)23-16(12-15(21-23)18-3-2-10-25-18)14-11-13(20)4-5-17(14)24-19/h2-5,10-11,16H,6-9,12H2,1H3/t16-/m0/s1. The first-order valence-corrected chi connectivity index (χ1v) is 10.4. The van der Waals surface area contributed by atoms with Gasteiger partial charge < -0.3 is 9.64 Å². The normalized spacial score (nSPS) is 24.6. The smallest absolute Gasteiger partial charge is 0.200 e. The maximum Gasteiger partial charge on any atom is 0.200 e. The largest absolute Gasteiger partial charge is 0.466 e. The number of hydrazone groups is 1. The van der Waals surface area contributed by atoms with Crippen molar-refractivity contribution in [3.05, 3.63) is 50.6 Å². The lowest BCUT2D eigenvalue weighted by Gasteiger charge is -2.50. The minimum Gasteiger partial charge on any atom is -0.466 e. The third kappa shape index (κ3) is 2.54. The number of likely N-dealkylation sites (tertiary alicyclic amines) is 1. The van der Waals surface area contributed by atoms with Gasteiger partial charge in [-0.3, -0.25) is 0 Å². The highest BCUT2D eigenvalue weighted by atomic mass is 79.9. The van der Waals surface area contributed by atoms with Crippen LogP contribution in [0.5, 0.6) is 5.75 Å².